The van der Waals surface area contributed by atoms with Crippen molar-refractivity contribution < 1.29 is 23.6 Å². The van der Waals surface area contributed by atoms with E-state index in [4.69, 9.17) is 4.84 Å². The zero-order valence-electron chi connectivity index (χ0n) is 13.0. The standard InChI is InChI=1S/C16H19FN2O4/c1-9(2)23-19-16(22)14(20)13-8-18-15(21)12(13)7-10-3-5-11(17)6-4-10/h3-6,9,12-13H,7-8H2,1-2H3,(H,18,21)(H,19,22)/t12-,13+/m1/s1. The normalized spacial score (nSPS) is 20.4. The van der Waals surface area contributed by atoms with Crippen molar-refractivity contribution in [3.05, 3.63) is 35.6 Å². The lowest BCUT2D eigenvalue weighted by atomic mass is 9.86. The minimum absolute atomic E-state index is 0.110. The van der Waals surface area contributed by atoms with Crippen LogP contribution in [0.25, 0.3) is 0 Å². The molecule has 1 aliphatic heterocycles. The molecule has 2 amide bonds. The zero-order valence-corrected chi connectivity index (χ0v) is 13.0. The molecule has 6 nitrogen and oxygen atoms in total. The lowest BCUT2D eigenvalue weighted by molar-refractivity contribution is -0.150. The molecule has 0 aromatic heterocycles. The summed E-state index contributed by atoms with van der Waals surface area (Å²) in [6.45, 7) is 3.53. The molecule has 2 N–H and O–H groups in total. The van der Waals surface area contributed by atoms with Crippen LogP contribution in [0.3, 0.4) is 0 Å². The number of Topliss-reactive ketones (excluding diaryl/α,β-unsaturated/α-hetero) is 1. The summed E-state index contributed by atoms with van der Waals surface area (Å²) < 4.78 is 12.9. The van der Waals surface area contributed by atoms with E-state index < -0.39 is 23.5 Å². The van der Waals surface area contributed by atoms with Gasteiger partial charge in [-0.15, -0.1) is 0 Å². The number of rotatable bonds is 6. The first-order valence-electron chi connectivity index (χ1n) is 7.40. The third-order valence-corrected chi connectivity index (χ3v) is 3.64. The van der Waals surface area contributed by atoms with Crippen LogP contribution in [0.1, 0.15) is 19.4 Å². The molecule has 2 rings (SSSR count). The number of carbonyl (C=O) groups excluding carboxylic acids is 3. The highest BCUT2D eigenvalue weighted by molar-refractivity contribution is 6.37. The molecule has 1 aromatic rings. The summed E-state index contributed by atoms with van der Waals surface area (Å²) >= 11 is 0. The first-order valence-corrected chi connectivity index (χ1v) is 7.40. The quantitative estimate of drug-likeness (QED) is 0.598. The number of carbonyl (C=O) groups is 3. The maximum Gasteiger partial charge on any atom is 0.311 e. The van der Waals surface area contributed by atoms with Gasteiger partial charge in [-0.2, -0.15) is 0 Å². The van der Waals surface area contributed by atoms with Crippen LogP contribution < -0.4 is 10.8 Å². The van der Waals surface area contributed by atoms with Gasteiger partial charge in [-0.1, -0.05) is 12.1 Å². The molecule has 7 heteroatoms. The van der Waals surface area contributed by atoms with E-state index >= 15 is 0 Å². The molecule has 0 saturated carbocycles. The fourth-order valence-corrected chi connectivity index (χ4v) is 2.44. The highest BCUT2D eigenvalue weighted by Crippen LogP contribution is 2.24. The maximum absolute atomic E-state index is 12.9. The van der Waals surface area contributed by atoms with Crippen molar-refractivity contribution in [1.29, 1.82) is 0 Å². The van der Waals surface area contributed by atoms with Crippen molar-refractivity contribution >= 4 is 17.6 Å². The molecule has 0 radical (unpaired) electrons. The number of benzene rings is 1. The Morgan fingerprint density at radius 2 is 2.00 bits per heavy atom. The van der Waals surface area contributed by atoms with Crippen LogP contribution in [-0.2, 0) is 25.6 Å². The van der Waals surface area contributed by atoms with Crippen LogP contribution in [0, 0.1) is 17.7 Å². The Labute approximate surface area is 133 Å². The van der Waals surface area contributed by atoms with E-state index in [1.165, 1.54) is 12.1 Å². The second kappa shape index (κ2) is 7.32. The summed E-state index contributed by atoms with van der Waals surface area (Å²) in [4.78, 5) is 40.9. The average molecular weight is 322 g/mol. The minimum atomic E-state index is -0.871. The van der Waals surface area contributed by atoms with E-state index in [9.17, 15) is 18.8 Å². The van der Waals surface area contributed by atoms with Gasteiger partial charge < -0.3 is 5.32 Å². The molecule has 1 heterocycles. The van der Waals surface area contributed by atoms with Crippen molar-refractivity contribution in [1.82, 2.24) is 10.8 Å². The first-order chi connectivity index (χ1) is 10.9. The van der Waals surface area contributed by atoms with Crippen molar-refractivity contribution in [3.8, 4) is 0 Å². The average Bonchev–Trinajstić information content (AvgIpc) is 2.87. The Morgan fingerprint density at radius 3 is 2.61 bits per heavy atom. The SMILES string of the molecule is CC(C)ONC(=O)C(=O)[C@H]1CNC(=O)[C@@H]1Cc1ccc(F)cc1. The molecule has 1 aromatic carbocycles. The predicted octanol–water partition coefficient (Wildman–Crippen LogP) is 0.756. The van der Waals surface area contributed by atoms with Crippen molar-refractivity contribution in [2.45, 2.75) is 26.4 Å². The Kier molecular flexibility index (Phi) is 5.44. The van der Waals surface area contributed by atoms with E-state index in [-0.39, 0.29) is 30.8 Å². The summed E-state index contributed by atoms with van der Waals surface area (Å²) in [5.41, 5.74) is 2.82. The molecule has 0 unspecified atom stereocenters. The van der Waals surface area contributed by atoms with Crippen LogP contribution in [0.2, 0.25) is 0 Å². The van der Waals surface area contributed by atoms with E-state index in [1.54, 1.807) is 26.0 Å². The predicted molar refractivity (Wildman–Crippen MR) is 79.5 cm³/mol. The highest BCUT2D eigenvalue weighted by Gasteiger charge is 2.41. The third kappa shape index (κ3) is 4.35. The molecule has 124 valence electrons. The molecule has 0 spiro atoms. The Bertz CT molecular complexity index is 601. The lowest BCUT2D eigenvalue weighted by Crippen LogP contribution is -2.39. The fraction of sp³-hybridized carbons (Fsp3) is 0.438. The van der Waals surface area contributed by atoms with Gasteiger partial charge >= 0.3 is 5.91 Å². The van der Waals surface area contributed by atoms with Gasteiger partial charge in [-0.3, -0.25) is 19.2 Å². The minimum Gasteiger partial charge on any atom is -0.355 e. The Balaban J connectivity index is 2.05. The number of halogens is 1. The number of amides is 2. The van der Waals surface area contributed by atoms with Gasteiger partial charge in [0.05, 0.1) is 17.9 Å². The summed E-state index contributed by atoms with van der Waals surface area (Å²) in [5.74, 6) is -3.64. The number of ketones is 1. The second-order valence-corrected chi connectivity index (χ2v) is 5.75. The molecule has 2 atom stereocenters. The largest absolute Gasteiger partial charge is 0.355 e. The molecule has 0 bridgehead atoms. The van der Waals surface area contributed by atoms with Gasteiger partial charge in [-0.05, 0) is 38.0 Å². The van der Waals surface area contributed by atoms with Crippen molar-refractivity contribution in [2.24, 2.45) is 11.8 Å². The smallest absolute Gasteiger partial charge is 0.311 e. The fourth-order valence-electron chi connectivity index (χ4n) is 2.44. The number of hydrogen-bond donors (Lipinski definition) is 2. The lowest BCUT2D eigenvalue weighted by Gasteiger charge is -2.16. The van der Waals surface area contributed by atoms with Gasteiger partial charge in [0.15, 0.2) is 0 Å². The van der Waals surface area contributed by atoms with Crippen molar-refractivity contribution in [3.63, 3.8) is 0 Å². The molecule has 0 aliphatic carbocycles. The van der Waals surface area contributed by atoms with Gasteiger partial charge in [0.2, 0.25) is 11.7 Å². The molecule has 1 fully saturated rings. The third-order valence-electron chi connectivity index (χ3n) is 3.64. The first kappa shape index (κ1) is 17.1. The topological polar surface area (TPSA) is 84.5 Å². The van der Waals surface area contributed by atoms with E-state index in [2.05, 4.69) is 10.8 Å². The summed E-state index contributed by atoms with van der Waals surface area (Å²) in [6, 6.07) is 5.71. The van der Waals surface area contributed by atoms with Gasteiger partial charge in [0.25, 0.3) is 0 Å². The van der Waals surface area contributed by atoms with Crippen LogP contribution in [0.15, 0.2) is 24.3 Å². The molecular weight excluding hydrogens is 303 g/mol. The number of nitrogens with one attached hydrogen (secondary N) is 2. The number of hydroxylamine groups is 1. The van der Waals surface area contributed by atoms with Gasteiger partial charge in [-0.25, -0.2) is 9.87 Å². The Hall–Kier alpha value is -2.28. The zero-order chi connectivity index (χ0) is 17.0. The monoisotopic (exact) mass is 322 g/mol. The number of hydrogen-bond acceptors (Lipinski definition) is 4. The van der Waals surface area contributed by atoms with Gasteiger partial charge in [0, 0.05) is 6.54 Å². The maximum atomic E-state index is 12.9. The second-order valence-electron chi connectivity index (χ2n) is 5.75. The highest BCUT2D eigenvalue weighted by atomic mass is 19.1. The summed E-state index contributed by atoms with van der Waals surface area (Å²) in [7, 11) is 0. The van der Waals surface area contributed by atoms with Gasteiger partial charge in [0.1, 0.15) is 5.82 Å². The van der Waals surface area contributed by atoms with Crippen LogP contribution in [0.5, 0.6) is 0 Å². The molecular formula is C16H19FN2O4. The van der Waals surface area contributed by atoms with E-state index in [0.29, 0.717) is 0 Å². The summed E-state index contributed by atoms with van der Waals surface area (Å²) in [6.07, 6.45) is 0.00555. The van der Waals surface area contributed by atoms with E-state index in [0.717, 1.165) is 5.56 Å². The van der Waals surface area contributed by atoms with Crippen LogP contribution >= 0.6 is 0 Å². The van der Waals surface area contributed by atoms with Crippen LogP contribution in [0.4, 0.5) is 4.39 Å². The van der Waals surface area contributed by atoms with E-state index in [1.807, 2.05) is 0 Å². The van der Waals surface area contributed by atoms with Crippen LogP contribution in [-0.4, -0.2) is 30.2 Å². The molecule has 23 heavy (non-hydrogen) atoms. The summed E-state index contributed by atoms with van der Waals surface area (Å²) in [5, 5.41) is 2.60. The van der Waals surface area contributed by atoms with Crippen molar-refractivity contribution in [2.75, 3.05) is 6.54 Å². The molecule has 1 aliphatic rings. The molecule has 1 saturated heterocycles. The Morgan fingerprint density at radius 1 is 1.35 bits per heavy atom.